The minimum atomic E-state index is -0.195. The maximum Gasteiger partial charge on any atom is 0.291 e. The Bertz CT molecular complexity index is 1310. The molecule has 166 valence electrons. The molecule has 0 aliphatic rings. The summed E-state index contributed by atoms with van der Waals surface area (Å²) in [6.45, 7) is 7.69. The monoisotopic (exact) mass is 451 g/mol. The highest BCUT2D eigenvalue weighted by molar-refractivity contribution is 7.15. The Balaban J connectivity index is 1.65. The number of hydrogen-bond acceptors (Lipinski definition) is 7. The van der Waals surface area contributed by atoms with E-state index in [1.54, 1.807) is 0 Å². The number of thiazole rings is 1. The second-order valence-corrected chi connectivity index (χ2v) is 8.00. The lowest BCUT2D eigenvalue weighted by atomic mass is 10.2. The van der Waals surface area contributed by atoms with Gasteiger partial charge in [-0.15, -0.1) is 5.10 Å². The maximum atomic E-state index is 12.9. The van der Waals surface area contributed by atoms with Crippen LogP contribution in [0.15, 0.2) is 47.3 Å². The van der Waals surface area contributed by atoms with E-state index in [9.17, 15) is 4.79 Å². The zero-order valence-electron chi connectivity index (χ0n) is 18.3. The van der Waals surface area contributed by atoms with E-state index in [4.69, 9.17) is 14.2 Å². The highest BCUT2D eigenvalue weighted by atomic mass is 32.1. The van der Waals surface area contributed by atoms with Gasteiger partial charge >= 0.3 is 0 Å². The molecule has 0 aliphatic heterocycles. The first-order valence-electron chi connectivity index (χ1n) is 10.7. The maximum absolute atomic E-state index is 12.9. The van der Waals surface area contributed by atoms with Gasteiger partial charge < -0.3 is 14.2 Å². The van der Waals surface area contributed by atoms with Gasteiger partial charge in [0.1, 0.15) is 5.75 Å². The quantitative estimate of drug-likeness (QED) is 0.384. The second-order valence-electron chi connectivity index (χ2n) is 6.99. The summed E-state index contributed by atoms with van der Waals surface area (Å²) in [7, 11) is 0. The minimum Gasteiger partial charge on any atom is -0.494 e. The van der Waals surface area contributed by atoms with Crippen LogP contribution in [-0.4, -0.2) is 34.4 Å². The first-order valence-corrected chi connectivity index (χ1v) is 11.5. The summed E-state index contributed by atoms with van der Waals surface area (Å²) in [6, 6.07) is 13.2. The standard InChI is InChI=1S/C24H25N3O4S/c1-4-13-31-19-12-7-16(14-20(19)30-6-3)15-21-23(28)27-24(32-21)25-22(26-27)17-8-10-18(11-9-17)29-5-2/h7-12,14-15H,4-6,13H2,1-3H3. The van der Waals surface area contributed by atoms with E-state index in [1.165, 1.54) is 15.9 Å². The van der Waals surface area contributed by atoms with Gasteiger partial charge in [0.15, 0.2) is 17.3 Å². The van der Waals surface area contributed by atoms with Crippen LogP contribution in [-0.2, 0) is 0 Å². The van der Waals surface area contributed by atoms with E-state index in [1.807, 2.05) is 62.4 Å². The molecule has 0 N–H and O–H groups in total. The Morgan fingerprint density at radius 1 is 0.969 bits per heavy atom. The molecule has 2 aromatic heterocycles. The molecule has 32 heavy (non-hydrogen) atoms. The molecule has 8 heteroatoms. The molecule has 0 saturated heterocycles. The van der Waals surface area contributed by atoms with Crippen LogP contribution < -0.4 is 24.3 Å². The summed E-state index contributed by atoms with van der Waals surface area (Å²) in [5, 5.41) is 4.41. The van der Waals surface area contributed by atoms with E-state index in [2.05, 4.69) is 17.0 Å². The van der Waals surface area contributed by atoms with E-state index < -0.39 is 0 Å². The van der Waals surface area contributed by atoms with Crippen LogP contribution in [0.5, 0.6) is 17.2 Å². The van der Waals surface area contributed by atoms with Crippen LogP contribution >= 0.6 is 11.3 Å². The van der Waals surface area contributed by atoms with Crippen LogP contribution in [0.4, 0.5) is 0 Å². The Morgan fingerprint density at radius 3 is 2.44 bits per heavy atom. The highest BCUT2D eigenvalue weighted by Gasteiger charge is 2.13. The van der Waals surface area contributed by atoms with Gasteiger partial charge in [0.2, 0.25) is 4.96 Å². The van der Waals surface area contributed by atoms with Crippen molar-refractivity contribution in [2.24, 2.45) is 0 Å². The summed E-state index contributed by atoms with van der Waals surface area (Å²) >= 11 is 1.31. The Kier molecular flexibility index (Phi) is 6.70. The van der Waals surface area contributed by atoms with Crippen LogP contribution in [0.1, 0.15) is 32.8 Å². The van der Waals surface area contributed by atoms with Crippen molar-refractivity contribution in [1.29, 1.82) is 0 Å². The van der Waals surface area contributed by atoms with Crippen LogP contribution in [0.25, 0.3) is 22.4 Å². The molecule has 0 spiro atoms. The number of fused-ring (bicyclic) bond motifs is 1. The van der Waals surface area contributed by atoms with Crippen LogP contribution in [0, 0.1) is 0 Å². The lowest BCUT2D eigenvalue weighted by molar-refractivity contribution is 0.277. The lowest BCUT2D eigenvalue weighted by Crippen LogP contribution is -2.23. The molecule has 7 nitrogen and oxygen atoms in total. The van der Waals surface area contributed by atoms with Gasteiger partial charge in [-0.25, -0.2) is 0 Å². The predicted molar refractivity (Wildman–Crippen MR) is 126 cm³/mol. The molecule has 4 aromatic rings. The Labute approximate surface area is 189 Å². The fourth-order valence-electron chi connectivity index (χ4n) is 3.19. The molecule has 0 saturated carbocycles. The molecule has 2 heterocycles. The van der Waals surface area contributed by atoms with E-state index >= 15 is 0 Å². The van der Waals surface area contributed by atoms with Gasteiger partial charge in [-0.3, -0.25) is 4.79 Å². The van der Waals surface area contributed by atoms with Crippen molar-refractivity contribution in [3.8, 4) is 28.6 Å². The molecule has 0 aliphatic carbocycles. The Hall–Kier alpha value is -3.39. The van der Waals surface area contributed by atoms with Crippen LogP contribution in [0.3, 0.4) is 0 Å². The molecule has 4 rings (SSSR count). The summed E-state index contributed by atoms with van der Waals surface area (Å²) in [5.41, 5.74) is 1.49. The molecule has 0 amide bonds. The normalized spacial score (nSPS) is 11.8. The molecular weight excluding hydrogens is 426 g/mol. The zero-order valence-corrected chi connectivity index (χ0v) is 19.1. The fourth-order valence-corrected chi connectivity index (χ4v) is 4.10. The SMILES string of the molecule is CCCOc1ccc(C=c2sc3nc(-c4ccc(OCC)cc4)nn3c2=O)cc1OCC. The number of hydrogen-bond donors (Lipinski definition) is 0. The van der Waals surface area contributed by atoms with Crippen molar-refractivity contribution in [2.75, 3.05) is 19.8 Å². The minimum absolute atomic E-state index is 0.195. The number of benzene rings is 2. The number of aromatic nitrogens is 3. The van der Waals surface area contributed by atoms with Gasteiger partial charge in [0.25, 0.3) is 5.56 Å². The predicted octanol–water partition coefficient (Wildman–Crippen LogP) is 3.95. The smallest absolute Gasteiger partial charge is 0.291 e. The third-order valence-corrected chi connectivity index (χ3v) is 5.59. The van der Waals surface area contributed by atoms with Gasteiger partial charge in [0, 0.05) is 5.56 Å². The second kappa shape index (κ2) is 9.82. The zero-order chi connectivity index (χ0) is 22.5. The summed E-state index contributed by atoms with van der Waals surface area (Å²) in [6.07, 6.45) is 2.74. The largest absolute Gasteiger partial charge is 0.494 e. The molecule has 0 bridgehead atoms. The van der Waals surface area contributed by atoms with E-state index in [0.717, 1.165) is 23.3 Å². The van der Waals surface area contributed by atoms with Gasteiger partial charge in [-0.1, -0.05) is 24.3 Å². The third-order valence-electron chi connectivity index (χ3n) is 4.63. The van der Waals surface area contributed by atoms with Crippen molar-refractivity contribution >= 4 is 22.4 Å². The highest BCUT2D eigenvalue weighted by Crippen LogP contribution is 2.29. The van der Waals surface area contributed by atoms with Crippen molar-refractivity contribution in [3.63, 3.8) is 0 Å². The molecule has 0 unspecified atom stereocenters. The summed E-state index contributed by atoms with van der Waals surface area (Å²) in [5.74, 6) is 2.67. The molecule has 0 radical (unpaired) electrons. The lowest BCUT2D eigenvalue weighted by Gasteiger charge is -2.11. The number of rotatable bonds is 9. The average Bonchev–Trinajstić information content (AvgIpc) is 3.34. The molecule has 2 aromatic carbocycles. The molecular formula is C24H25N3O4S. The third kappa shape index (κ3) is 4.60. The topological polar surface area (TPSA) is 75.0 Å². The van der Waals surface area contributed by atoms with Crippen molar-refractivity contribution < 1.29 is 14.2 Å². The van der Waals surface area contributed by atoms with Crippen molar-refractivity contribution in [3.05, 3.63) is 62.9 Å². The van der Waals surface area contributed by atoms with E-state index in [0.29, 0.717) is 46.6 Å². The van der Waals surface area contributed by atoms with Crippen LogP contribution in [0.2, 0.25) is 0 Å². The average molecular weight is 452 g/mol. The molecule has 0 fully saturated rings. The van der Waals surface area contributed by atoms with Gasteiger partial charge in [-0.2, -0.15) is 9.50 Å². The number of nitrogens with zero attached hydrogens (tertiary/aromatic N) is 3. The first kappa shape index (κ1) is 21.8. The van der Waals surface area contributed by atoms with Gasteiger partial charge in [0.05, 0.1) is 24.4 Å². The molecule has 0 atom stereocenters. The fraction of sp³-hybridized carbons (Fsp3) is 0.292. The summed E-state index contributed by atoms with van der Waals surface area (Å²) in [4.78, 5) is 18.0. The van der Waals surface area contributed by atoms with Crippen molar-refractivity contribution in [2.45, 2.75) is 27.2 Å². The number of ether oxygens (including phenoxy) is 3. The first-order chi connectivity index (χ1) is 15.6. The van der Waals surface area contributed by atoms with E-state index in [-0.39, 0.29) is 5.56 Å². The van der Waals surface area contributed by atoms with Crippen molar-refractivity contribution in [1.82, 2.24) is 14.6 Å². The summed E-state index contributed by atoms with van der Waals surface area (Å²) < 4.78 is 18.8. The Morgan fingerprint density at radius 2 is 1.75 bits per heavy atom. The van der Waals surface area contributed by atoms with Gasteiger partial charge in [-0.05, 0) is 68.3 Å².